The van der Waals surface area contributed by atoms with Crippen molar-refractivity contribution >= 4 is 34.6 Å². The lowest BCUT2D eigenvalue weighted by atomic mass is 10.0. The van der Waals surface area contributed by atoms with Crippen LogP contribution in [0.3, 0.4) is 0 Å². The third-order valence-electron chi connectivity index (χ3n) is 5.24. The lowest BCUT2D eigenvalue weighted by molar-refractivity contribution is -0.930. The van der Waals surface area contributed by atoms with Crippen LogP contribution in [0.2, 0.25) is 5.02 Å². The summed E-state index contributed by atoms with van der Waals surface area (Å²) in [5.41, 5.74) is 2.05. The van der Waals surface area contributed by atoms with Gasteiger partial charge in [-0.1, -0.05) is 24.6 Å². The Bertz CT molecular complexity index is 541. The Kier molecular flexibility index (Phi) is 6.69. The zero-order valence-corrected chi connectivity index (χ0v) is 16.2. The van der Waals surface area contributed by atoms with Gasteiger partial charge >= 0.3 is 0 Å². The number of rotatable bonds is 4. The molecule has 2 rings (SSSR count). The molecule has 1 saturated heterocycles. The van der Waals surface area contributed by atoms with Crippen molar-refractivity contribution in [1.82, 2.24) is 4.90 Å². The Balaban J connectivity index is 1.87. The fraction of sp³-hybridized carbons (Fsp3) is 0.611. The molecule has 1 heterocycles. The summed E-state index contributed by atoms with van der Waals surface area (Å²) in [7, 11) is 2.33. The van der Waals surface area contributed by atoms with Crippen molar-refractivity contribution in [2.45, 2.75) is 52.1 Å². The summed E-state index contributed by atoms with van der Waals surface area (Å²) < 4.78 is 0. The number of hydrogen-bond acceptors (Lipinski definition) is 1. The SMILES string of the molecule is CCC(C)[NH+](C)C1CCN(C(=S)Nc2ccc(C)c(Cl)c2)CC1. The number of thiocarbonyl (C=S) groups is 1. The van der Waals surface area contributed by atoms with E-state index in [9.17, 15) is 0 Å². The monoisotopic (exact) mass is 354 g/mol. The highest BCUT2D eigenvalue weighted by Crippen LogP contribution is 2.20. The standard InChI is InChI=1S/C18H28ClN3S/c1-5-14(3)21(4)16-8-10-22(11-9-16)18(23)20-15-7-6-13(2)17(19)12-15/h6-7,12,14,16H,5,8-11H2,1-4H3,(H,20,23)/p+1. The van der Waals surface area contributed by atoms with Gasteiger partial charge in [0.15, 0.2) is 5.11 Å². The van der Waals surface area contributed by atoms with Crippen LogP contribution in [0.1, 0.15) is 38.7 Å². The van der Waals surface area contributed by atoms with E-state index in [4.69, 9.17) is 23.8 Å². The van der Waals surface area contributed by atoms with Crippen molar-refractivity contribution in [1.29, 1.82) is 0 Å². The summed E-state index contributed by atoms with van der Waals surface area (Å²) >= 11 is 11.8. The molecule has 0 amide bonds. The van der Waals surface area contributed by atoms with Crippen LogP contribution >= 0.6 is 23.8 Å². The second-order valence-electron chi connectivity index (χ2n) is 6.71. The number of halogens is 1. The van der Waals surface area contributed by atoms with Gasteiger partial charge in [0.2, 0.25) is 0 Å². The molecule has 1 aromatic carbocycles. The second-order valence-corrected chi connectivity index (χ2v) is 7.50. The quantitative estimate of drug-likeness (QED) is 0.810. The van der Waals surface area contributed by atoms with E-state index in [1.54, 1.807) is 4.90 Å². The fourth-order valence-electron chi connectivity index (χ4n) is 3.14. The van der Waals surface area contributed by atoms with Crippen LogP contribution in [0, 0.1) is 6.92 Å². The van der Waals surface area contributed by atoms with Crippen LogP contribution in [0.15, 0.2) is 18.2 Å². The third kappa shape index (κ3) is 4.82. The zero-order chi connectivity index (χ0) is 17.0. The molecular weight excluding hydrogens is 326 g/mol. The van der Waals surface area contributed by atoms with Gasteiger partial charge < -0.3 is 15.1 Å². The van der Waals surface area contributed by atoms with Crippen LogP contribution in [0.4, 0.5) is 5.69 Å². The molecule has 0 saturated carbocycles. The smallest absolute Gasteiger partial charge is 0.173 e. The van der Waals surface area contributed by atoms with Crippen molar-refractivity contribution in [3.63, 3.8) is 0 Å². The topological polar surface area (TPSA) is 19.7 Å². The Morgan fingerprint density at radius 2 is 2.09 bits per heavy atom. The minimum absolute atomic E-state index is 0.728. The summed E-state index contributed by atoms with van der Waals surface area (Å²) in [5.74, 6) is 0. The van der Waals surface area contributed by atoms with Gasteiger partial charge in [0, 0.05) is 36.6 Å². The molecule has 0 aromatic heterocycles. The van der Waals surface area contributed by atoms with Gasteiger partial charge in [-0.05, 0) is 50.2 Å². The van der Waals surface area contributed by atoms with Crippen molar-refractivity contribution in [3.8, 4) is 0 Å². The van der Waals surface area contributed by atoms with Crippen molar-refractivity contribution in [2.24, 2.45) is 0 Å². The molecule has 1 aliphatic heterocycles. The molecule has 0 aliphatic carbocycles. The predicted molar refractivity (Wildman–Crippen MR) is 104 cm³/mol. The van der Waals surface area contributed by atoms with Gasteiger partial charge in [-0.2, -0.15) is 0 Å². The van der Waals surface area contributed by atoms with E-state index in [0.29, 0.717) is 0 Å². The average Bonchev–Trinajstić information content (AvgIpc) is 2.57. The average molecular weight is 355 g/mol. The van der Waals surface area contributed by atoms with Crippen molar-refractivity contribution in [3.05, 3.63) is 28.8 Å². The molecule has 0 spiro atoms. The first-order valence-electron chi connectivity index (χ1n) is 8.57. The number of hydrogen-bond donors (Lipinski definition) is 2. The summed E-state index contributed by atoms with van der Waals surface area (Å²) in [4.78, 5) is 3.94. The normalized spacial score (nSPS) is 18.6. The second kappa shape index (κ2) is 8.32. The molecule has 1 aliphatic rings. The van der Waals surface area contributed by atoms with Crippen LogP contribution in [0.5, 0.6) is 0 Å². The van der Waals surface area contributed by atoms with Crippen molar-refractivity contribution < 1.29 is 4.90 Å². The molecule has 0 radical (unpaired) electrons. The minimum atomic E-state index is 0.728. The number of nitrogens with one attached hydrogen (secondary N) is 2. The predicted octanol–water partition coefficient (Wildman–Crippen LogP) is 3.12. The number of anilines is 1. The van der Waals surface area contributed by atoms with E-state index >= 15 is 0 Å². The Hall–Kier alpha value is -0.840. The molecule has 2 atom stereocenters. The highest BCUT2D eigenvalue weighted by molar-refractivity contribution is 7.80. The molecule has 23 heavy (non-hydrogen) atoms. The number of nitrogens with zero attached hydrogens (tertiary/aromatic N) is 1. The largest absolute Gasteiger partial charge is 0.349 e. The first-order valence-corrected chi connectivity index (χ1v) is 9.36. The summed E-state index contributed by atoms with van der Waals surface area (Å²) in [6, 6.07) is 7.46. The summed E-state index contributed by atoms with van der Waals surface area (Å²) in [6.07, 6.45) is 3.64. The first kappa shape index (κ1) is 18.5. The maximum Gasteiger partial charge on any atom is 0.173 e. The lowest BCUT2D eigenvalue weighted by Crippen LogP contribution is -3.16. The molecule has 5 heteroatoms. The Morgan fingerprint density at radius 3 is 2.65 bits per heavy atom. The van der Waals surface area contributed by atoms with Gasteiger partial charge in [0.25, 0.3) is 0 Å². The van der Waals surface area contributed by atoms with E-state index in [0.717, 1.165) is 46.6 Å². The number of likely N-dealkylation sites (tertiary alicyclic amines) is 1. The number of quaternary nitrogens is 1. The third-order valence-corrected chi connectivity index (χ3v) is 6.01. The minimum Gasteiger partial charge on any atom is -0.349 e. The lowest BCUT2D eigenvalue weighted by Gasteiger charge is -2.37. The maximum atomic E-state index is 6.18. The number of benzene rings is 1. The molecule has 1 aromatic rings. The van der Waals surface area contributed by atoms with Gasteiger partial charge in [0.05, 0.1) is 19.1 Å². The molecular formula is C18H29ClN3S+. The maximum absolute atomic E-state index is 6.18. The van der Waals surface area contributed by atoms with E-state index in [2.05, 4.69) is 31.1 Å². The van der Waals surface area contributed by atoms with Gasteiger partial charge in [-0.15, -0.1) is 0 Å². The molecule has 2 N–H and O–H groups in total. The van der Waals surface area contributed by atoms with Crippen LogP contribution in [-0.4, -0.2) is 42.2 Å². The van der Waals surface area contributed by atoms with E-state index in [1.165, 1.54) is 19.3 Å². The van der Waals surface area contributed by atoms with Crippen LogP contribution in [-0.2, 0) is 0 Å². The van der Waals surface area contributed by atoms with E-state index in [-0.39, 0.29) is 0 Å². The van der Waals surface area contributed by atoms with Gasteiger partial charge in [-0.3, -0.25) is 0 Å². The van der Waals surface area contributed by atoms with Crippen molar-refractivity contribution in [2.75, 3.05) is 25.5 Å². The van der Waals surface area contributed by atoms with Gasteiger partial charge in [0.1, 0.15) is 0 Å². The number of aryl methyl sites for hydroxylation is 1. The van der Waals surface area contributed by atoms with Crippen LogP contribution < -0.4 is 10.2 Å². The Morgan fingerprint density at radius 1 is 1.43 bits per heavy atom. The number of piperidine rings is 1. The van der Waals surface area contributed by atoms with E-state index < -0.39 is 0 Å². The summed E-state index contributed by atoms with van der Waals surface area (Å²) in [5, 5.41) is 4.91. The highest BCUT2D eigenvalue weighted by atomic mass is 35.5. The Labute approximate surface area is 151 Å². The van der Waals surface area contributed by atoms with Crippen LogP contribution in [0.25, 0.3) is 0 Å². The molecule has 1 fully saturated rings. The molecule has 3 nitrogen and oxygen atoms in total. The summed E-state index contributed by atoms with van der Waals surface area (Å²) in [6.45, 7) is 8.68. The van der Waals surface area contributed by atoms with E-state index in [1.807, 2.05) is 25.1 Å². The first-order chi connectivity index (χ1) is 10.9. The zero-order valence-electron chi connectivity index (χ0n) is 14.7. The molecule has 2 unspecified atom stereocenters. The molecule has 0 bridgehead atoms. The fourth-order valence-corrected chi connectivity index (χ4v) is 3.62. The molecule has 128 valence electrons. The van der Waals surface area contributed by atoms with Gasteiger partial charge in [-0.25, -0.2) is 0 Å². The highest BCUT2D eigenvalue weighted by Gasteiger charge is 2.28.